The van der Waals surface area contributed by atoms with Crippen molar-refractivity contribution >= 4 is 5.69 Å². The maximum Gasteiger partial charge on any atom is 0 e. The van der Waals surface area contributed by atoms with Gasteiger partial charge in [-0.3, -0.25) is 0 Å². The first kappa shape index (κ1) is 12.8. The Balaban J connectivity index is 0. The van der Waals surface area contributed by atoms with Crippen molar-refractivity contribution in [2.75, 3.05) is 5.73 Å². The molecule has 0 amide bonds. The van der Waals surface area contributed by atoms with Crippen molar-refractivity contribution in [1.29, 1.82) is 0 Å². The molecule has 0 aliphatic heterocycles. The first-order valence-electron chi connectivity index (χ1n) is 3.12. The summed E-state index contributed by atoms with van der Waals surface area (Å²) in [5.74, 6) is 0. The molecule has 1 radical (unpaired) electrons. The van der Waals surface area contributed by atoms with Gasteiger partial charge >= 0.3 is 0 Å². The quantitative estimate of drug-likeness (QED) is 0.516. The van der Waals surface area contributed by atoms with Gasteiger partial charge in [0, 0.05) is 32.7 Å². The zero-order valence-corrected chi connectivity index (χ0v) is 9.30. The predicted molar refractivity (Wildman–Crippen MR) is 41.0 cm³/mol. The number of hydrogen-bond donors (Lipinski definition) is 1. The van der Waals surface area contributed by atoms with E-state index in [1.807, 2.05) is 26.0 Å². The number of para-hydroxylation sites is 1. The van der Waals surface area contributed by atoms with Crippen LogP contribution in [0.25, 0.3) is 0 Å². The SMILES string of the molecule is CC.Nc1[c-]cccc1.[Y]. The first-order valence-corrected chi connectivity index (χ1v) is 3.12. The molecule has 2 N–H and O–H groups in total. The number of nitrogen functional groups attached to an aromatic ring is 1. The number of hydrogen-bond acceptors (Lipinski definition) is 1. The molecule has 0 spiro atoms. The van der Waals surface area contributed by atoms with Crippen molar-refractivity contribution < 1.29 is 32.7 Å². The van der Waals surface area contributed by atoms with E-state index < -0.39 is 0 Å². The number of anilines is 1. The zero-order chi connectivity index (χ0) is 7.11. The molecule has 0 aromatic heterocycles. The van der Waals surface area contributed by atoms with E-state index in [4.69, 9.17) is 5.73 Å². The molecule has 1 aromatic rings. The molecule has 53 valence electrons. The molecule has 1 rings (SSSR count). The molecular weight excluding hydrogens is 199 g/mol. The Hall–Kier alpha value is 0.124. The van der Waals surface area contributed by atoms with Crippen LogP contribution in [0.1, 0.15) is 13.8 Å². The molecule has 0 bridgehead atoms. The fourth-order valence-corrected chi connectivity index (χ4v) is 0.407. The van der Waals surface area contributed by atoms with Gasteiger partial charge in [0.05, 0.1) is 0 Å². The Morgan fingerprint density at radius 1 is 1.30 bits per heavy atom. The van der Waals surface area contributed by atoms with Gasteiger partial charge in [-0.15, -0.1) is 6.07 Å². The summed E-state index contributed by atoms with van der Waals surface area (Å²) < 4.78 is 0. The summed E-state index contributed by atoms with van der Waals surface area (Å²) in [5, 5.41) is 0. The molecule has 0 saturated heterocycles. The fourth-order valence-electron chi connectivity index (χ4n) is 0.407. The van der Waals surface area contributed by atoms with Crippen LogP contribution in [-0.2, 0) is 32.7 Å². The standard InChI is InChI=1S/C6H6N.C2H6.Y/c7-6-4-2-1-3-5-6;1-2;/h1-4H,7H2;1-2H3;/q-1;;. The first-order chi connectivity index (χ1) is 4.39. The van der Waals surface area contributed by atoms with Crippen LogP contribution in [-0.4, -0.2) is 0 Å². The van der Waals surface area contributed by atoms with Gasteiger partial charge < -0.3 is 5.73 Å². The van der Waals surface area contributed by atoms with Gasteiger partial charge in [-0.2, -0.15) is 24.3 Å². The van der Waals surface area contributed by atoms with Crippen LogP contribution in [0.2, 0.25) is 0 Å². The summed E-state index contributed by atoms with van der Waals surface area (Å²) >= 11 is 0. The maximum atomic E-state index is 5.30. The molecule has 1 aromatic carbocycles. The summed E-state index contributed by atoms with van der Waals surface area (Å²) in [6, 6.07) is 10.2. The van der Waals surface area contributed by atoms with Crippen LogP contribution in [0.4, 0.5) is 5.69 Å². The maximum absolute atomic E-state index is 5.30. The molecule has 0 unspecified atom stereocenters. The second kappa shape index (κ2) is 9.12. The predicted octanol–water partition coefficient (Wildman–Crippen LogP) is 2.09. The van der Waals surface area contributed by atoms with E-state index in [-0.39, 0.29) is 32.7 Å². The van der Waals surface area contributed by atoms with Crippen LogP contribution in [0.3, 0.4) is 0 Å². The van der Waals surface area contributed by atoms with Crippen molar-refractivity contribution in [3.05, 3.63) is 30.3 Å². The van der Waals surface area contributed by atoms with E-state index in [0.29, 0.717) is 5.69 Å². The molecule has 0 aliphatic rings. The van der Waals surface area contributed by atoms with Gasteiger partial charge in [0.2, 0.25) is 0 Å². The van der Waals surface area contributed by atoms with E-state index in [9.17, 15) is 0 Å². The van der Waals surface area contributed by atoms with Gasteiger partial charge in [-0.25, -0.2) is 0 Å². The van der Waals surface area contributed by atoms with Crippen molar-refractivity contribution in [3.63, 3.8) is 0 Å². The third-order valence-electron chi connectivity index (χ3n) is 0.733. The Morgan fingerprint density at radius 3 is 2.10 bits per heavy atom. The van der Waals surface area contributed by atoms with Crippen molar-refractivity contribution in [1.82, 2.24) is 0 Å². The number of benzene rings is 1. The molecule has 10 heavy (non-hydrogen) atoms. The largest absolute Gasteiger partial charge is 0.420 e. The molecular formula is C8H12NY-. The van der Waals surface area contributed by atoms with E-state index >= 15 is 0 Å². The van der Waals surface area contributed by atoms with E-state index in [2.05, 4.69) is 6.07 Å². The summed E-state index contributed by atoms with van der Waals surface area (Å²) in [7, 11) is 0. The van der Waals surface area contributed by atoms with Gasteiger partial charge in [-0.05, 0) is 0 Å². The van der Waals surface area contributed by atoms with Crippen LogP contribution in [0, 0.1) is 6.07 Å². The summed E-state index contributed by atoms with van der Waals surface area (Å²) in [5.41, 5.74) is 6.00. The molecule has 0 heterocycles. The fraction of sp³-hybridized carbons (Fsp3) is 0.250. The van der Waals surface area contributed by atoms with E-state index in [1.54, 1.807) is 12.1 Å². The monoisotopic (exact) mass is 211 g/mol. The third kappa shape index (κ3) is 6.25. The third-order valence-corrected chi connectivity index (χ3v) is 0.733. The average Bonchev–Trinajstić information content (AvgIpc) is 1.94. The second-order valence-corrected chi connectivity index (χ2v) is 1.32. The minimum absolute atomic E-state index is 0. The van der Waals surface area contributed by atoms with Crippen LogP contribution in [0.5, 0.6) is 0 Å². The normalized spacial score (nSPS) is 6.60. The molecule has 1 nitrogen and oxygen atoms in total. The van der Waals surface area contributed by atoms with Crippen LogP contribution >= 0.6 is 0 Å². The van der Waals surface area contributed by atoms with Crippen LogP contribution < -0.4 is 5.73 Å². The Labute approximate surface area is 87.9 Å². The second-order valence-electron chi connectivity index (χ2n) is 1.32. The van der Waals surface area contributed by atoms with E-state index in [0.717, 1.165) is 0 Å². The Morgan fingerprint density at radius 2 is 1.90 bits per heavy atom. The van der Waals surface area contributed by atoms with Gasteiger partial charge in [0.25, 0.3) is 0 Å². The Bertz CT molecular complexity index is 139. The molecule has 0 saturated carbocycles. The van der Waals surface area contributed by atoms with Gasteiger partial charge in [-0.1, -0.05) is 19.5 Å². The minimum Gasteiger partial charge on any atom is -0.420 e. The molecule has 0 fully saturated rings. The zero-order valence-electron chi connectivity index (χ0n) is 6.46. The molecule has 0 atom stereocenters. The van der Waals surface area contributed by atoms with Crippen molar-refractivity contribution in [2.45, 2.75) is 13.8 Å². The topological polar surface area (TPSA) is 26.0 Å². The van der Waals surface area contributed by atoms with Crippen LogP contribution in [0.15, 0.2) is 24.3 Å². The average molecular weight is 211 g/mol. The van der Waals surface area contributed by atoms with Crippen molar-refractivity contribution in [3.8, 4) is 0 Å². The molecule has 0 aliphatic carbocycles. The Kier molecular flexibility index (Phi) is 11.7. The van der Waals surface area contributed by atoms with Crippen molar-refractivity contribution in [2.24, 2.45) is 0 Å². The summed E-state index contributed by atoms with van der Waals surface area (Å²) in [6.45, 7) is 4.00. The van der Waals surface area contributed by atoms with Gasteiger partial charge in [0.15, 0.2) is 0 Å². The van der Waals surface area contributed by atoms with Gasteiger partial charge in [0.1, 0.15) is 0 Å². The number of nitrogens with two attached hydrogens (primary N) is 1. The number of rotatable bonds is 0. The minimum atomic E-state index is 0. The molecule has 2 heteroatoms. The smallest absolute Gasteiger partial charge is 0 e. The summed E-state index contributed by atoms with van der Waals surface area (Å²) in [6.07, 6.45) is 0. The van der Waals surface area contributed by atoms with E-state index in [1.165, 1.54) is 0 Å². The summed E-state index contributed by atoms with van der Waals surface area (Å²) in [4.78, 5) is 0.